The minimum Gasteiger partial charge on any atom is -0.268 e. The van der Waals surface area contributed by atoms with E-state index in [0.717, 1.165) is 5.56 Å². The summed E-state index contributed by atoms with van der Waals surface area (Å²) < 4.78 is 25.1. The largest absolute Gasteiger partial charge is 0.268 e. The van der Waals surface area contributed by atoms with Crippen molar-refractivity contribution in [3.8, 4) is 11.3 Å². The second-order valence-electron chi connectivity index (χ2n) is 4.80. The molecule has 3 rings (SSSR count). The summed E-state index contributed by atoms with van der Waals surface area (Å²) in [5.41, 5.74) is 2.13. The average Bonchev–Trinajstić information content (AvgIpc) is 2.96. The number of pyridine rings is 1. The van der Waals surface area contributed by atoms with E-state index in [0.29, 0.717) is 17.8 Å². The molecule has 0 spiro atoms. The van der Waals surface area contributed by atoms with Gasteiger partial charge in [0.05, 0.1) is 17.1 Å². The molecule has 22 heavy (non-hydrogen) atoms. The molecule has 2 heterocycles. The molecule has 0 saturated heterocycles. The van der Waals surface area contributed by atoms with Crippen LogP contribution in [-0.4, -0.2) is 23.2 Å². The van der Waals surface area contributed by atoms with E-state index >= 15 is 0 Å². The van der Waals surface area contributed by atoms with Crippen LogP contribution in [-0.2, 0) is 16.6 Å². The summed E-state index contributed by atoms with van der Waals surface area (Å²) in [7, 11) is -3.79. The first-order chi connectivity index (χ1) is 10.5. The summed E-state index contributed by atoms with van der Waals surface area (Å²) in [5, 5.41) is 9.68. The standard InChI is InChI=1S/C15H14N4O2S/c16-22(20,21)15-4-2-1-3-13(15)14-7-10-19(18-14)11-12-5-8-17-9-6-12/h1-10H,11H2,(H2,16,20,21). The third-order valence-corrected chi connectivity index (χ3v) is 4.17. The number of hydrogen-bond donors (Lipinski definition) is 1. The number of sulfonamides is 1. The van der Waals surface area contributed by atoms with Crippen molar-refractivity contribution in [2.24, 2.45) is 5.14 Å². The van der Waals surface area contributed by atoms with Gasteiger partial charge in [0, 0.05) is 24.2 Å². The molecule has 0 aliphatic rings. The Hall–Kier alpha value is -2.51. The summed E-state index contributed by atoms with van der Waals surface area (Å²) in [4.78, 5) is 4.04. The van der Waals surface area contributed by atoms with Crippen molar-refractivity contribution in [3.05, 3.63) is 66.6 Å². The maximum absolute atomic E-state index is 11.7. The monoisotopic (exact) mass is 314 g/mol. The fraction of sp³-hybridized carbons (Fsp3) is 0.0667. The van der Waals surface area contributed by atoms with Crippen LogP contribution in [0.25, 0.3) is 11.3 Å². The van der Waals surface area contributed by atoms with Gasteiger partial charge in [-0.05, 0) is 29.8 Å². The highest BCUT2D eigenvalue weighted by Crippen LogP contribution is 2.24. The van der Waals surface area contributed by atoms with Crippen molar-refractivity contribution in [1.82, 2.24) is 14.8 Å². The quantitative estimate of drug-likeness (QED) is 0.792. The van der Waals surface area contributed by atoms with Gasteiger partial charge in [0.15, 0.2) is 0 Å². The van der Waals surface area contributed by atoms with E-state index in [2.05, 4.69) is 10.1 Å². The van der Waals surface area contributed by atoms with Crippen LogP contribution in [0.3, 0.4) is 0 Å². The molecule has 6 nitrogen and oxygen atoms in total. The van der Waals surface area contributed by atoms with Gasteiger partial charge < -0.3 is 0 Å². The number of rotatable bonds is 4. The zero-order chi connectivity index (χ0) is 15.6. The number of nitrogens with two attached hydrogens (primary N) is 1. The lowest BCUT2D eigenvalue weighted by molar-refractivity contribution is 0.598. The summed E-state index contributed by atoms with van der Waals surface area (Å²) in [6, 6.07) is 12.1. The van der Waals surface area contributed by atoms with Crippen LogP contribution < -0.4 is 5.14 Å². The number of primary sulfonamides is 1. The Morgan fingerprint density at radius 1 is 1.05 bits per heavy atom. The van der Waals surface area contributed by atoms with Crippen molar-refractivity contribution in [2.45, 2.75) is 11.4 Å². The number of aromatic nitrogens is 3. The zero-order valence-corrected chi connectivity index (χ0v) is 12.4. The topological polar surface area (TPSA) is 90.9 Å². The maximum atomic E-state index is 11.7. The first-order valence-electron chi connectivity index (χ1n) is 6.58. The second-order valence-corrected chi connectivity index (χ2v) is 6.33. The van der Waals surface area contributed by atoms with E-state index in [-0.39, 0.29) is 4.90 Å². The van der Waals surface area contributed by atoms with Crippen molar-refractivity contribution in [3.63, 3.8) is 0 Å². The molecule has 2 N–H and O–H groups in total. The number of hydrogen-bond acceptors (Lipinski definition) is 4. The maximum Gasteiger partial charge on any atom is 0.238 e. The minimum absolute atomic E-state index is 0.0733. The Morgan fingerprint density at radius 3 is 2.50 bits per heavy atom. The van der Waals surface area contributed by atoms with Gasteiger partial charge in [-0.15, -0.1) is 0 Å². The van der Waals surface area contributed by atoms with E-state index in [9.17, 15) is 8.42 Å². The average molecular weight is 314 g/mol. The van der Waals surface area contributed by atoms with Gasteiger partial charge in [-0.1, -0.05) is 18.2 Å². The Morgan fingerprint density at radius 2 is 1.77 bits per heavy atom. The molecule has 0 bridgehead atoms. The van der Waals surface area contributed by atoms with Crippen LogP contribution in [0.15, 0.2) is 66.0 Å². The summed E-state index contributed by atoms with van der Waals surface area (Å²) in [6.07, 6.45) is 5.24. The summed E-state index contributed by atoms with van der Waals surface area (Å²) in [5.74, 6) is 0. The van der Waals surface area contributed by atoms with Crippen LogP contribution in [0.4, 0.5) is 0 Å². The van der Waals surface area contributed by atoms with Crippen molar-refractivity contribution >= 4 is 10.0 Å². The first-order valence-corrected chi connectivity index (χ1v) is 8.13. The highest BCUT2D eigenvalue weighted by molar-refractivity contribution is 7.89. The predicted molar refractivity (Wildman–Crippen MR) is 82.4 cm³/mol. The Labute approximate surface area is 128 Å². The normalized spacial score (nSPS) is 11.5. The third-order valence-electron chi connectivity index (χ3n) is 3.20. The summed E-state index contributed by atoms with van der Waals surface area (Å²) >= 11 is 0. The predicted octanol–water partition coefficient (Wildman–Crippen LogP) is 1.64. The van der Waals surface area contributed by atoms with E-state index < -0.39 is 10.0 Å². The lowest BCUT2D eigenvalue weighted by atomic mass is 10.1. The Balaban J connectivity index is 1.95. The molecule has 7 heteroatoms. The molecule has 3 aromatic rings. The molecule has 2 aromatic heterocycles. The smallest absolute Gasteiger partial charge is 0.238 e. The number of benzene rings is 1. The lowest BCUT2D eigenvalue weighted by Crippen LogP contribution is -2.13. The van der Waals surface area contributed by atoms with Crippen molar-refractivity contribution in [2.75, 3.05) is 0 Å². The van der Waals surface area contributed by atoms with E-state index in [1.807, 2.05) is 12.1 Å². The molecule has 0 atom stereocenters. The van der Waals surface area contributed by atoms with Gasteiger partial charge in [-0.2, -0.15) is 5.10 Å². The Bertz CT molecular complexity index is 889. The third kappa shape index (κ3) is 3.05. The lowest BCUT2D eigenvalue weighted by Gasteiger charge is -2.05. The van der Waals surface area contributed by atoms with Crippen LogP contribution in [0, 0.1) is 0 Å². The molecular formula is C15H14N4O2S. The second kappa shape index (κ2) is 5.70. The van der Waals surface area contributed by atoms with Crippen molar-refractivity contribution in [1.29, 1.82) is 0 Å². The van der Waals surface area contributed by atoms with Crippen molar-refractivity contribution < 1.29 is 8.42 Å². The van der Waals surface area contributed by atoms with Crippen LogP contribution in [0.1, 0.15) is 5.56 Å². The van der Waals surface area contributed by atoms with Gasteiger partial charge in [0.25, 0.3) is 0 Å². The molecule has 0 aliphatic heterocycles. The fourth-order valence-electron chi connectivity index (χ4n) is 2.20. The molecule has 1 aromatic carbocycles. The molecule has 0 aliphatic carbocycles. The molecule has 0 radical (unpaired) electrons. The van der Waals surface area contributed by atoms with E-state index in [4.69, 9.17) is 5.14 Å². The molecule has 0 fully saturated rings. The SMILES string of the molecule is NS(=O)(=O)c1ccccc1-c1ccn(Cc2ccncc2)n1. The fourth-order valence-corrected chi connectivity index (χ4v) is 2.94. The molecule has 112 valence electrons. The van der Waals surface area contributed by atoms with E-state index in [1.54, 1.807) is 47.5 Å². The van der Waals surface area contributed by atoms with E-state index in [1.165, 1.54) is 6.07 Å². The van der Waals surface area contributed by atoms with Gasteiger partial charge in [-0.3, -0.25) is 9.67 Å². The highest BCUT2D eigenvalue weighted by Gasteiger charge is 2.16. The zero-order valence-electron chi connectivity index (χ0n) is 11.6. The molecule has 0 saturated carbocycles. The van der Waals surface area contributed by atoms with Crippen LogP contribution in [0.5, 0.6) is 0 Å². The highest BCUT2D eigenvalue weighted by atomic mass is 32.2. The molecule has 0 amide bonds. The molecular weight excluding hydrogens is 300 g/mol. The molecule has 0 unspecified atom stereocenters. The van der Waals surface area contributed by atoms with Crippen LogP contribution in [0.2, 0.25) is 0 Å². The van der Waals surface area contributed by atoms with Gasteiger partial charge >= 0.3 is 0 Å². The van der Waals surface area contributed by atoms with Gasteiger partial charge in [0.2, 0.25) is 10.0 Å². The van der Waals surface area contributed by atoms with Crippen LogP contribution >= 0.6 is 0 Å². The minimum atomic E-state index is -3.79. The van der Waals surface area contributed by atoms with Gasteiger partial charge in [0.1, 0.15) is 0 Å². The first kappa shape index (κ1) is 14.4. The Kier molecular flexibility index (Phi) is 3.74. The summed E-state index contributed by atoms with van der Waals surface area (Å²) in [6.45, 7) is 0.583. The number of nitrogens with zero attached hydrogens (tertiary/aromatic N) is 3. The van der Waals surface area contributed by atoms with Gasteiger partial charge in [-0.25, -0.2) is 13.6 Å².